The van der Waals surface area contributed by atoms with Crippen LogP contribution in [0.5, 0.6) is 0 Å². The van der Waals surface area contributed by atoms with E-state index in [1.165, 1.54) is 19.3 Å². The monoisotopic (exact) mass is 281 g/mol. The van der Waals surface area contributed by atoms with E-state index in [2.05, 4.69) is 32.6 Å². The molecule has 0 spiro atoms. The third-order valence-electron chi connectivity index (χ3n) is 4.87. The molecule has 2 unspecified atom stereocenters. The Kier molecular flexibility index (Phi) is 4.60. The van der Waals surface area contributed by atoms with Gasteiger partial charge in [0.2, 0.25) is 0 Å². The van der Waals surface area contributed by atoms with Crippen molar-refractivity contribution >= 4 is 5.78 Å². The van der Waals surface area contributed by atoms with Crippen LogP contribution in [0.2, 0.25) is 0 Å². The summed E-state index contributed by atoms with van der Waals surface area (Å²) in [6.45, 7) is 11.6. The predicted molar refractivity (Wildman–Crippen MR) is 81.9 cm³/mol. The maximum Gasteiger partial charge on any atom is 0.131 e. The molecule has 2 aliphatic heterocycles. The van der Waals surface area contributed by atoms with Gasteiger partial charge in [0.15, 0.2) is 0 Å². The summed E-state index contributed by atoms with van der Waals surface area (Å²) in [5, 5.41) is 0. The highest BCUT2D eigenvalue weighted by Crippen LogP contribution is 2.42. The molecular formula is C17H31NO2. The van der Waals surface area contributed by atoms with Crippen molar-refractivity contribution in [2.45, 2.75) is 96.4 Å². The van der Waals surface area contributed by atoms with Gasteiger partial charge in [-0.05, 0) is 60.4 Å². The van der Waals surface area contributed by atoms with Gasteiger partial charge in [-0.3, -0.25) is 9.69 Å². The Hall–Kier alpha value is -0.410. The molecular weight excluding hydrogens is 250 g/mol. The summed E-state index contributed by atoms with van der Waals surface area (Å²) in [7, 11) is 0. The number of hydrogen-bond acceptors (Lipinski definition) is 3. The largest absolute Gasteiger partial charge is 0.368 e. The zero-order chi connectivity index (χ0) is 15.0. The predicted octanol–water partition coefficient (Wildman–Crippen LogP) is 3.56. The topological polar surface area (TPSA) is 29.5 Å². The summed E-state index contributed by atoms with van der Waals surface area (Å²) >= 11 is 0. The molecule has 2 rings (SSSR count). The minimum absolute atomic E-state index is 0.0543. The number of hydrogen-bond donors (Lipinski definition) is 0. The third kappa shape index (κ3) is 3.62. The Balaban J connectivity index is 2.19. The molecule has 2 atom stereocenters. The van der Waals surface area contributed by atoms with E-state index in [0.717, 1.165) is 19.4 Å². The summed E-state index contributed by atoms with van der Waals surface area (Å²) in [5.74, 6) is 0.317. The Labute approximate surface area is 124 Å². The summed E-state index contributed by atoms with van der Waals surface area (Å²) in [6, 6.07) is 0.844. The van der Waals surface area contributed by atoms with Gasteiger partial charge in [0, 0.05) is 18.5 Å². The molecule has 0 bridgehead atoms. The molecule has 0 radical (unpaired) electrons. The van der Waals surface area contributed by atoms with E-state index in [-0.39, 0.29) is 11.2 Å². The fourth-order valence-electron chi connectivity index (χ4n) is 4.21. The smallest absolute Gasteiger partial charge is 0.131 e. The molecule has 0 aliphatic carbocycles. The molecule has 2 aliphatic rings. The lowest BCUT2D eigenvalue weighted by atomic mass is 9.90. The molecule has 2 heterocycles. The van der Waals surface area contributed by atoms with Crippen LogP contribution >= 0.6 is 0 Å². The number of ketones is 1. The minimum Gasteiger partial charge on any atom is -0.368 e. The highest BCUT2D eigenvalue weighted by Gasteiger charge is 2.49. The van der Waals surface area contributed by atoms with E-state index >= 15 is 0 Å². The first-order chi connectivity index (χ1) is 9.21. The van der Waals surface area contributed by atoms with Crippen molar-refractivity contribution in [2.24, 2.45) is 0 Å². The van der Waals surface area contributed by atoms with Crippen molar-refractivity contribution in [3.8, 4) is 0 Å². The van der Waals surface area contributed by atoms with Gasteiger partial charge in [-0.15, -0.1) is 0 Å². The number of Topliss-reactive ketones (excluding diaryl/α,β-unsaturated/α-hetero) is 1. The number of rotatable bonds is 3. The maximum absolute atomic E-state index is 11.6. The van der Waals surface area contributed by atoms with Gasteiger partial charge in [-0.2, -0.15) is 0 Å². The summed E-state index contributed by atoms with van der Waals surface area (Å²) < 4.78 is 6.27. The van der Waals surface area contributed by atoms with Gasteiger partial charge in [0.05, 0.1) is 11.2 Å². The van der Waals surface area contributed by atoms with E-state index in [0.29, 0.717) is 24.3 Å². The van der Waals surface area contributed by atoms with Crippen molar-refractivity contribution in [2.75, 3.05) is 6.54 Å². The second-order valence-electron chi connectivity index (χ2n) is 7.83. The standard InChI is InChI=1S/C17H31NO2/c1-13(19)11-14-9-7-6-8-10-18(14)15-12-16(2,3)20-17(15,4)5/h14-15H,6-12H2,1-5H3. The van der Waals surface area contributed by atoms with Gasteiger partial charge in [0.1, 0.15) is 5.78 Å². The number of likely N-dealkylation sites (tertiary alicyclic amines) is 1. The van der Waals surface area contributed by atoms with Crippen molar-refractivity contribution < 1.29 is 9.53 Å². The lowest BCUT2D eigenvalue weighted by Crippen LogP contribution is -2.51. The Bertz CT molecular complexity index is 362. The Morgan fingerprint density at radius 2 is 1.90 bits per heavy atom. The molecule has 2 fully saturated rings. The Morgan fingerprint density at radius 1 is 1.20 bits per heavy atom. The van der Waals surface area contributed by atoms with Crippen molar-refractivity contribution in [1.82, 2.24) is 4.90 Å². The van der Waals surface area contributed by atoms with E-state index in [9.17, 15) is 4.79 Å². The van der Waals surface area contributed by atoms with Crippen LogP contribution in [0.15, 0.2) is 0 Å². The molecule has 2 saturated heterocycles. The zero-order valence-corrected chi connectivity index (χ0v) is 13.9. The van der Waals surface area contributed by atoms with Crippen LogP contribution in [-0.2, 0) is 9.53 Å². The first-order valence-corrected chi connectivity index (χ1v) is 8.17. The molecule has 0 aromatic rings. The van der Waals surface area contributed by atoms with Gasteiger partial charge < -0.3 is 4.74 Å². The highest BCUT2D eigenvalue weighted by atomic mass is 16.5. The molecule has 0 aromatic carbocycles. The average Bonchev–Trinajstić information content (AvgIpc) is 2.45. The molecule has 20 heavy (non-hydrogen) atoms. The molecule has 116 valence electrons. The van der Waals surface area contributed by atoms with Gasteiger partial charge in [-0.1, -0.05) is 12.8 Å². The van der Waals surface area contributed by atoms with Crippen LogP contribution in [-0.4, -0.2) is 40.5 Å². The second kappa shape index (κ2) is 5.76. The molecule has 0 saturated carbocycles. The lowest BCUT2D eigenvalue weighted by Gasteiger charge is -2.40. The van der Waals surface area contributed by atoms with Gasteiger partial charge in [-0.25, -0.2) is 0 Å². The van der Waals surface area contributed by atoms with Crippen LogP contribution in [0, 0.1) is 0 Å². The second-order valence-corrected chi connectivity index (χ2v) is 7.83. The molecule has 0 N–H and O–H groups in total. The van der Waals surface area contributed by atoms with Crippen molar-refractivity contribution in [3.05, 3.63) is 0 Å². The number of carbonyl (C=O) groups is 1. The number of ether oxygens (including phenoxy) is 1. The first-order valence-electron chi connectivity index (χ1n) is 8.17. The lowest BCUT2D eigenvalue weighted by molar-refractivity contribution is -0.119. The van der Waals surface area contributed by atoms with Crippen LogP contribution in [0.1, 0.15) is 73.1 Å². The Morgan fingerprint density at radius 3 is 2.45 bits per heavy atom. The van der Waals surface area contributed by atoms with Crippen molar-refractivity contribution in [3.63, 3.8) is 0 Å². The van der Waals surface area contributed by atoms with Crippen molar-refractivity contribution in [1.29, 1.82) is 0 Å². The maximum atomic E-state index is 11.6. The van der Waals surface area contributed by atoms with E-state index in [1.54, 1.807) is 6.92 Å². The number of nitrogens with zero attached hydrogens (tertiary/aromatic N) is 1. The fraction of sp³-hybridized carbons (Fsp3) is 0.941. The quantitative estimate of drug-likeness (QED) is 0.792. The average molecular weight is 281 g/mol. The van der Waals surface area contributed by atoms with E-state index < -0.39 is 0 Å². The fourth-order valence-corrected chi connectivity index (χ4v) is 4.21. The molecule has 3 nitrogen and oxygen atoms in total. The van der Waals surface area contributed by atoms with Crippen LogP contribution in [0.25, 0.3) is 0 Å². The molecule has 0 aromatic heterocycles. The molecule has 0 amide bonds. The number of carbonyl (C=O) groups excluding carboxylic acids is 1. The van der Waals surface area contributed by atoms with E-state index in [4.69, 9.17) is 4.74 Å². The minimum atomic E-state index is -0.122. The highest BCUT2D eigenvalue weighted by molar-refractivity contribution is 5.76. The first kappa shape index (κ1) is 16.0. The summed E-state index contributed by atoms with van der Waals surface area (Å²) in [5.41, 5.74) is -0.176. The third-order valence-corrected chi connectivity index (χ3v) is 4.87. The SMILES string of the molecule is CC(=O)CC1CCCCCN1C1CC(C)(C)OC1(C)C. The molecule has 3 heteroatoms. The van der Waals surface area contributed by atoms with Crippen LogP contribution in [0.4, 0.5) is 0 Å². The summed E-state index contributed by atoms with van der Waals surface area (Å²) in [6.07, 6.45) is 6.73. The summed E-state index contributed by atoms with van der Waals surface area (Å²) in [4.78, 5) is 14.2. The van der Waals surface area contributed by atoms with Crippen LogP contribution < -0.4 is 0 Å². The zero-order valence-electron chi connectivity index (χ0n) is 13.9. The van der Waals surface area contributed by atoms with Crippen LogP contribution in [0.3, 0.4) is 0 Å². The van der Waals surface area contributed by atoms with E-state index in [1.807, 2.05) is 0 Å². The normalized spacial score (nSPS) is 33.9. The van der Waals surface area contributed by atoms with Gasteiger partial charge >= 0.3 is 0 Å². The van der Waals surface area contributed by atoms with Gasteiger partial charge in [0.25, 0.3) is 0 Å².